The average molecular weight is 244 g/mol. The third-order valence-corrected chi connectivity index (χ3v) is 2.65. The molecule has 1 heterocycles. The van der Waals surface area contributed by atoms with Gasteiger partial charge in [0.25, 0.3) is 5.56 Å². The quantitative estimate of drug-likeness (QED) is 0.816. The second-order valence-electron chi connectivity index (χ2n) is 4.35. The zero-order valence-electron chi connectivity index (χ0n) is 10.5. The van der Waals surface area contributed by atoms with Crippen molar-refractivity contribution in [1.29, 1.82) is 0 Å². The van der Waals surface area contributed by atoms with E-state index in [0.717, 1.165) is 11.3 Å². The zero-order chi connectivity index (χ0) is 13.1. The average Bonchev–Trinajstić information content (AvgIpc) is 2.31. The first kappa shape index (κ1) is 12.2. The van der Waals surface area contributed by atoms with Crippen molar-refractivity contribution in [2.45, 2.75) is 6.54 Å². The summed E-state index contributed by atoms with van der Waals surface area (Å²) in [5.41, 5.74) is 8.02. The molecule has 1 aromatic carbocycles. The summed E-state index contributed by atoms with van der Waals surface area (Å²) in [6.45, 7) is 0.428. The lowest BCUT2D eigenvalue weighted by Gasteiger charge is -2.12. The molecule has 0 unspecified atom stereocenters. The molecule has 0 saturated heterocycles. The van der Waals surface area contributed by atoms with Crippen molar-refractivity contribution in [3.63, 3.8) is 0 Å². The minimum absolute atomic E-state index is 0.122. The minimum Gasteiger partial charge on any atom is -0.399 e. The minimum atomic E-state index is -0.122. The Morgan fingerprint density at radius 1 is 1.33 bits per heavy atom. The van der Waals surface area contributed by atoms with Crippen LogP contribution in [0.5, 0.6) is 0 Å². The summed E-state index contributed by atoms with van der Waals surface area (Å²) in [4.78, 5) is 13.7. The molecule has 0 bridgehead atoms. The Labute approximate surface area is 105 Å². The molecule has 0 radical (unpaired) electrons. The molecule has 2 aromatic rings. The summed E-state index contributed by atoms with van der Waals surface area (Å²) in [6, 6.07) is 9.01. The van der Waals surface area contributed by atoms with Gasteiger partial charge in [0, 0.05) is 25.8 Å². The molecule has 0 aliphatic rings. The molecular formula is C13H16N4O. The van der Waals surface area contributed by atoms with Crippen molar-refractivity contribution in [3.05, 3.63) is 52.4 Å². The summed E-state index contributed by atoms with van der Waals surface area (Å²) < 4.78 is 1.42. The van der Waals surface area contributed by atoms with Crippen LogP contribution in [0.4, 0.5) is 11.4 Å². The third kappa shape index (κ3) is 2.68. The van der Waals surface area contributed by atoms with Crippen LogP contribution in [0.25, 0.3) is 0 Å². The molecule has 5 nitrogen and oxygen atoms in total. The van der Waals surface area contributed by atoms with Gasteiger partial charge in [0.2, 0.25) is 0 Å². The summed E-state index contributed by atoms with van der Waals surface area (Å²) in [6.07, 6.45) is 1.67. The van der Waals surface area contributed by atoms with Crippen molar-refractivity contribution >= 4 is 11.4 Å². The highest BCUT2D eigenvalue weighted by molar-refractivity contribution is 5.42. The molecule has 0 aliphatic carbocycles. The Balaban J connectivity index is 2.28. The summed E-state index contributed by atoms with van der Waals surface area (Å²) >= 11 is 0. The molecular weight excluding hydrogens is 228 g/mol. The lowest BCUT2D eigenvalue weighted by molar-refractivity contribution is 0.638. The van der Waals surface area contributed by atoms with E-state index in [4.69, 9.17) is 5.73 Å². The maximum Gasteiger partial charge on any atom is 0.269 e. The number of benzene rings is 1. The largest absolute Gasteiger partial charge is 0.399 e. The lowest BCUT2D eigenvalue weighted by Crippen LogP contribution is -2.24. The van der Waals surface area contributed by atoms with E-state index in [9.17, 15) is 4.79 Å². The lowest BCUT2D eigenvalue weighted by atomic mass is 10.2. The van der Waals surface area contributed by atoms with Gasteiger partial charge in [0.05, 0.1) is 18.4 Å². The Hall–Kier alpha value is -2.30. The van der Waals surface area contributed by atoms with Gasteiger partial charge in [-0.25, -0.2) is 4.68 Å². The summed E-state index contributed by atoms with van der Waals surface area (Å²) in [5.74, 6) is 0. The Bertz CT molecular complexity index is 604. The molecule has 0 amide bonds. The van der Waals surface area contributed by atoms with Gasteiger partial charge in [0.15, 0.2) is 0 Å². The van der Waals surface area contributed by atoms with Crippen LogP contribution in [0.2, 0.25) is 0 Å². The highest BCUT2D eigenvalue weighted by Crippen LogP contribution is 2.08. The molecule has 1 aromatic heterocycles. The van der Waals surface area contributed by atoms with Gasteiger partial charge in [-0.2, -0.15) is 5.10 Å². The van der Waals surface area contributed by atoms with Gasteiger partial charge in [-0.05, 0) is 17.7 Å². The molecule has 0 fully saturated rings. The van der Waals surface area contributed by atoms with E-state index < -0.39 is 0 Å². The van der Waals surface area contributed by atoms with E-state index in [1.807, 2.05) is 43.3 Å². The van der Waals surface area contributed by atoms with Crippen LogP contribution in [-0.2, 0) is 6.54 Å². The van der Waals surface area contributed by atoms with Gasteiger partial charge >= 0.3 is 0 Å². The molecule has 2 N–H and O–H groups in total. The van der Waals surface area contributed by atoms with Crippen LogP contribution in [0.3, 0.4) is 0 Å². The number of rotatable bonds is 3. The number of nitrogens with two attached hydrogens (primary N) is 1. The van der Waals surface area contributed by atoms with Crippen molar-refractivity contribution in [3.8, 4) is 0 Å². The first-order chi connectivity index (χ1) is 8.56. The molecule has 0 spiro atoms. The number of anilines is 2. The number of hydrogen-bond donors (Lipinski definition) is 1. The topological polar surface area (TPSA) is 64.2 Å². The predicted octanol–water partition coefficient (Wildman–Crippen LogP) is 0.940. The SMILES string of the molecule is CN(C)c1cnn(Cc2cccc(N)c2)c(=O)c1. The van der Waals surface area contributed by atoms with Crippen LogP contribution in [0, 0.1) is 0 Å². The van der Waals surface area contributed by atoms with Crippen LogP contribution < -0.4 is 16.2 Å². The van der Waals surface area contributed by atoms with Gasteiger partial charge < -0.3 is 10.6 Å². The molecule has 94 valence electrons. The highest BCUT2D eigenvalue weighted by Gasteiger charge is 2.02. The molecule has 0 saturated carbocycles. The maximum absolute atomic E-state index is 11.9. The Kier molecular flexibility index (Phi) is 3.32. The van der Waals surface area contributed by atoms with Gasteiger partial charge in [-0.3, -0.25) is 4.79 Å². The van der Waals surface area contributed by atoms with E-state index in [0.29, 0.717) is 12.2 Å². The van der Waals surface area contributed by atoms with Crippen LogP contribution >= 0.6 is 0 Å². The van der Waals surface area contributed by atoms with Crippen LogP contribution in [0.15, 0.2) is 41.3 Å². The van der Waals surface area contributed by atoms with Gasteiger partial charge in [-0.15, -0.1) is 0 Å². The van der Waals surface area contributed by atoms with E-state index >= 15 is 0 Å². The molecule has 2 rings (SSSR count). The van der Waals surface area contributed by atoms with E-state index in [-0.39, 0.29) is 5.56 Å². The molecule has 18 heavy (non-hydrogen) atoms. The van der Waals surface area contributed by atoms with Gasteiger partial charge in [-0.1, -0.05) is 12.1 Å². The van der Waals surface area contributed by atoms with Crippen molar-refractivity contribution in [2.24, 2.45) is 0 Å². The molecule has 5 heteroatoms. The van der Waals surface area contributed by atoms with Gasteiger partial charge in [0.1, 0.15) is 0 Å². The fourth-order valence-electron chi connectivity index (χ4n) is 1.65. The zero-order valence-corrected chi connectivity index (χ0v) is 10.5. The molecule has 0 aliphatic heterocycles. The van der Waals surface area contributed by atoms with Crippen molar-refractivity contribution in [1.82, 2.24) is 9.78 Å². The standard InChI is InChI=1S/C13H16N4O/c1-16(2)12-7-13(18)17(15-8-12)9-10-4-3-5-11(14)6-10/h3-8H,9,14H2,1-2H3. The first-order valence-electron chi connectivity index (χ1n) is 5.65. The number of nitrogens with zero attached hydrogens (tertiary/aromatic N) is 3. The predicted molar refractivity (Wildman–Crippen MR) is 72.8 cm³/mol. The fraction of sp³-hybridized carbons (Fsp3) is 0.231. The Morgan fingerprint density at radius 2 is 2.11 bits per heavy atom. The first-order valence-corrected chi connectivity index (χ1v) is 5.65. The highest BCUT2D eigenvalue weighted by atomic mass is 16.1. The monoisotopic (exact) mass is 244 g/mol. The van der Waals surface area contributed by atoms with E-state index in [1.54, 1.807) is 12.3 Å². The third-order valence-electron chi connectivity index (χ3n) is 2.65. The number of nitrogen functional groups attached to an aromatic ring is 1. The fourth-order valence-corrected chi connectivity index (χ4v) is 1.65. The van der Waals surface area contributed by atoms with Crippen LogP contribution in [-0.4, -0.2) is 23.9 Å². The summed E-state index contributed by atoms with van der Waals surface area (Å²) in [7, 11) is 3.75. The van der Waals surface area contributed by atoms with Crippen LogP contribution in [0.1, 0.15) is 5.56 Å². The van der Waals surface area contributed by atoms with Crippen molar-refractivity contribution < 1.29 is 0 Å². The van der Waals surface area contributed by atoms with Crippen molar-refractivity contribution in [2.75, 3.05) is 24.7 Å². The maximum atomic E-state index is 11.9. The molecule has 0 atom stereocenters. The number of aromatic nitrogens is 2. The smallest absolute Gasteiger partial charge is 0.269 e. The Morgan fingerprint density at radius 3 is 2.72 bits per heavy atom. The van der Waals surface area contributed by atoms with E-state index in [1.165, 1.54) is 4.68 Å². The number of hydrogen-bond acceptors (Lipinski definition) is 4. The summed E-state index contributed by atoms with van der Waals surface area (Å²) in [5, 5.41) is 4.15. The second-order valence-corrected chi connectivity index (χ2v) is 4.35. The normalized spacial score (nSPS) is 10.3. The second kappa shape index (κ2) is 4.91. The van der Waals surface area contributed by atoms with E-state index in [2.05, 4.69) is 5.10 Å².